The zero-order chi connectivity index (χ0) is 19.0. The first-order chi connectivity index (χ1) is 12.9. The van der Waals surface area contributed by atoms with Gasteiger partial charge in [-0.1, -0.05) is 30.3 Å². The number of anilines is 1. The number of benzene rings is 1. The summed E-state index contributed by atoms with van der Waals surface area (Å²) in [6.45, 7) is 5.46. The van der Waals surface area contributed by atoms with Crippen LogP contribution < -0.4 is 4.90 Å². The van der Waals surface area contributed by atoms with Crippen molar-refractivity contribution in [3.63, 3.8) is 0 Å². The number of hydrogen-bond donors (Lipinski definition) is 0. The fourth-order valence-electron chi connectivity index (χ4n) is 3.47. The maximum Gasteiger partial charge on any atom is 0.383 e. The highest BCUT2D eigenvalue weighted by Crippen LogP contribution is 2.31. The molecule has 3 heterocycles. The number of alkyl halides is 3. The Morgan fingerprint density at radius 2 is 1.89 bits per heavy atom. The molecule has 1 aliphatic rings. The Hall–Kier alpha value is -2.32. The summed E-state index contributed by atoms with van der Waals surface area (Å²) < 4.78 is 28.0. The van der Waals surface area contributed by atoms with Gasteiger partial charge in [0, 0.05) is 32.2 Å². The van der Waals surface area contributed by atoms with Crippen molar-refractivity contribution in [2.24, 2.45) is 0 Å². The Kier molecular flexibility index (Phi) is 4.69. The molecule has 1 saturated heterocycles. The van der Waals surface area contributed by atoms with E-state index in [-0.39, 0.29) is 11.7 Å². The Labute approximate surface area is 160 Å². The monoisotopic (exact) mass is 392 g/mol. The molecular weight excluding hydrogens is 374 g/mol. The second-order valence-electron chi connectivity index (χ2n) is 6.75. The lowest BCUT2D eigenvalue weighted by atomic mass is 10.1. The maximum absolute atomic E-state index is 13.5. The fourth-order valence-corrected chi connectivity index (χ4v) is 3.59. The third kappa shape index (κ3) is 3.72. The van der Waals surface area contributed by atoms with Crippen LogP contribution in [0.25, 0.3) is 5.65 Å². The first-order valence-corrected chi connectivity index (χ1v) is 9.12. The molecule has 0 aliphatic carbocycles. The summed E-state index contributed by atoms with van der Waals surface area (Å²) in [5.41, 5.74) is 1.51. The van der Waals surface area contributed by atoms with Crippen LogP contribution in [0.5, 0.6) is 0 Å². The standard InChI is InChI=1S/C18H19ClF2N6/c1-13-11-25(12-14-5-3-2-4-6-14)9-10-26(13)16-8-7-15-22-23-17(18(19,20)21)27(15)24-16/h2-8,13H,9-12H2,1H3. The fraction of sp³-hybridized carbons (Fsp3) is 0.389. The highest BCUT2D eigenvalue weighted by Gasteiger charge is 2.35. The van der Waals surface area contributed by atoms with Crippen LogP contribution in [0.2, 0.25) is 0 Å². The first-order valence-electron chi connectivity index (χ1n) is 8.74. The van der Waals surface area contributed by atoms with Gasteiger partial charge < -0.3 is 4.90 Å². The molecule has 4 rings (SSSR count). The molecule has 1 atom stereocenters. The average Bonchev–Trinajstić information content (AvgIpc) is 3.06. The van der Waals surface area contributed by atoms with Crippen LogP contribution in [0, 0.1) is 0 Å². The van der Waals surface area contributed by atoms with Gasteiger partial charge in [0.15, 0.2) is 5.65 Å². The number of halogens is 3. The Balaban J connectivity index is 1.52. The molecule has 0 amide bonds. The van der Waals surface area contributed by atoms with E-state index in [2.05, 4.69) is 44.2 Å². The largest absolute Gasteiger partial charge is 0.383 e. The third-order valence-electron chi connectivity index (χ3n) is 4.76. The van der Waals surface area contributed by atoms with Crippen molar-refractivity contribution in [3.8, 4) is 0 Å². The van der Waals surface area contributed by atoms with Crippen molar-refractivity contribution in [2.75, 3.05) is 24.5 Å². The normalized spacial score (nSPS) is 19.0. The second-order valence-corrected chi connectivity index (χ2v) is 7.22. The molecule has 3 aromatic rings. The van der Waals surface area contributed by atoms with E-state index in [1.165, 1.54) is 5.56 Å². The van der Waals surface area contributed by atoms with Gasteiger partial charge in [-0.3, -0.25) is 4.90 Å². The minimum absolute atomic E-state index is 0.184. The SMILES string of the molecule is CC1CN(Cc2ccccc2)CCN1c1ccc2nnc(C(F)(F)Cl)n2n1. The molecule has 1 fully saturated rings. The highest BCUT2D eigenvalue weighted by atomic mass is 35.5. The smallest absolute Gasteiger partial charge is 0.350 e. The quantitative estimate of drug-likeness (QED) is 0.638. The van der Waals surface area contributed by atoms with Crippen molar-refractivity contribution >= 4 is 23.1 Å². The molecule has 2 aromatic heterocycles. The van der Waals surface area contributed by atoms with Gasteiger partial charge in [-0.2, -0.15) is 13.3 Å². The van der Waals surface area contributed by atoms with E-state index >= 15 is 0 Å². The van der Waals surface area contributed by atoms with Crippen molar-refractivity contribution in [1.29, 1.82) is 0 Å². The van der Waals surface area contributed by atoms with E-state index in [4.69, 9.17) is 11.6 Å². The summed E-state index contributed by atoms with van der Waals surface area (Å²) in [6, 6.07) is 13.9. The second kappa shape index (κ2) is 7.01. The van der Waals surface area contributed by atoms with Crippen LogP contribution in [0.1, 0.15) is 18.3 Å². The number of rotatable bonds is 4. The molecule has 0 saturated carbocycles. The summed E-state index contributed by atoms with van der Waals surface area (Å²) in [5, 5.41) is 7.88. The van der Waals surface area contributed by atoms with Crippen molar-refractivity contribution in [2.45, 2.75) is 24.9 Å². The zero-order valence-electron chi connectivity index (χ0n) is 14.8. The first kappa shape index (κ1) is 18.1. The van der Waals surface area contributed by atoms with Gasteiger partial charge in [-0.15, -0.1) is 15.3 Å². The molecule has 0 bridgehead atoms. The highest BCUT2D eigenvalue weighted by molar-refractivity contribution is 6.21. The van der Waals surface area contributed by atoms with Crippen LogP contribution in [-0.4, -0.2) is 50.4 Å². The van der Waals surface area contributed by atoms with E-state index in [1.54, 1.807) is 12.1 Å². The Bertz CT molecular complexity index is 926. The molecule has 0 N–H and O–H groups in total. The summed E-state index contributed by atoms with van der Waals surface area (Å²) in [6.07, 6.45) is 0. The van der Waals surface area contributed by atoms with Crippen LogP contribution in [0.3, 0.4) is 0 Å². The van der Waals surface area contributed by atoms with Gasteiger partial charge >= 0.3 is 5.38 Å². The summed E-state index contributed by atoms with van der Waals surface area (Å²) >= 11 is 5.12. The minimum atomic E-state index is -3.62. The lowest BCUT2D eigenvalue weighted by molar-refractivity contribution is 0.0820. The zero-order valence-corrected chi connectivity index (χ0v) is 15.5. The molecule has 0 spiro atoms. The van der Waals surface area contributed by atoms with Gasteiger partial charge in [0.2, 0.25) is 5.82 Å². The average molecular weight is 393 g/mol. The van der Waals surface area contributed by atoms with E-state index in [0.29, 0.717) is 5.82 Å². The van der Waals surface area contributed by atoms with E-state index in [0.717, 1.165) is 30.7 Å². The predicted octanol–water partition coefficient (Wildman–Crippen LogP) is 3.12. The molecule has 1 aliphatic heterocycles. The van der Waals surface area contributed by atoms with Gasteiger partial charge in [0.1, 0.15) is 5.82 Å². The van der Waals surface area contributed by atoms with E-state index < -0.39 is 11.2 Å². The van der Waals surface area contributed by atoms with E-state index in [9.17, 15) is 8.78 Å². The molecule has 1 aromatic carbocycles. The number of nitrogens with zero attached hydrogens (tertiary/aromatic N) is 6. The maximum atomic E-state index is 13.5. The van der Waals surface area contributed by atoms with Crippen LogP contribution in [0.15, 0.2) is 42.5 Å². The van der Waals surface area contributed by atoms with Crippen molar-refractivity contribution < 1.29 is 8.78 Å². The number of fused-ring (bicyclic) bond motifs is 1. The lowest BCUT2D eigenvalue weighted by Gasteiger charge is -2.40. The van der Waals surface area contributed by atoms with Gasteiger partial charge in [0.25, 0.3) is 0 Å². The van der Waals surface area contributed by atoms with Gasteiger partial charge in [-0.25, -0.2) is 0 Å². The van der Waals surface area contributed by atoms with Crippen LogP contribution in [-0.2, 0) is 11.9 Å². The van der Waals surface area contributed by atoms with Gasteiger partial charge in [-0.05, 0) is 36.2 Å². The predicted molar refractivity (Wildman–Crippen MR) is 99.1 cm³/mol. The summed E-state index contributed by atoms with van der Waals surface area (Å²) in [7, 11) is 0. The van der Waals surface area contributed by atoms with Crippen molar-refractivity contribution in [1.82, 2.24) is 24.7 Å². The topological polar surface area (TPSA) is 49.6 Å². The molecular formula is C18H19ClF2N6. The molecule has 27 heavy (non-hydrogen) atoms. The van der Waals surface area contributed by atoms with Crippen LogP contribution in [0.4, 0.5) is 14.6 Å². The number of aromatic nitrogens is 4. The molecule has 1 unspecified atom stereocenters. The van der Waals surface area contributed by atoms with Crippen molar-refractivity contribution in [3.05, 3.63) is 53.9 Å². The lowest BCUT2D eigenvalue weighted by Crippen LogP contribution is -2.52. The summed E-state index contributed by atoms with van der Waals surface area (Å²) in [5.74, 6) is -0.0623. The minimum Gasteiger partial charge on any atom is -0.350 e. The molecule has 9 heteroatoms. The number of piperazine rings is 1. The third-order valence-corrected chi connectivity index (χ3v) is 4.93. The molecule has 0 radical (unpaired) electrons. The van der Waals surface area contributed by atoms with Crippen LogP contribution >= 0.6 is 11.6 Å². The van der Waals surface area contributed by atoms with E-state index in [1.807, 2.05) is 18.2 Å². The Morgan fingerprint density at radius 3 is 2.59 bits per heavy atom. The summed E-state index contributed by atoms with van der Waals surface area (Å²) in [4.78, 5) is 4.49. The molecule has 142 valence electrons. The Morgan fingerprint density at radius 1 is 1.11 bits per heavy atom. The number of hydrogen-bond acceptors (Lipinski definition) is 5. The van der Waals surface area contributed by atoms with Gasteiger partial charge in [0.05, 0.1) is 0 Å². The molecule has 6 nitrogen and oxygen atoms in total.